The fraction of sp³-hybridized carbons (Fsp3) is 0.300. The van der Waals surface area contributed by atoms with Crippen LogP contribution in [0.5, 0.6) is 5.88 Å². The number of H-pyrrole nitrogens is 1. The molecule has 0 saturated heterocycles. The Hall–Kier alpha value is -2.31. The number of nitrogens with zero attached hydrogens (tertiary/aromatic N) is 2. The van der Waals surface area contributed by atoms with Crippen molar-refractivity contribution in [1.29, 1.82) is 0 Å². The lowest BCUT2D eigenvalue weighted by atomic mass is 10.2. The predicted octanol–water partition coefficient (Wildman–Crippen LogP) is 0.213. The van der Waals surface area contributed by atoms with Crippen molar-refractivity contribution < 1.29 is 14.6 Å². The number of aromatic nitrogens is 3. The molecule has 2 heterocycles. The first kappa shape index (κ1) is 11.2. The van der Waals surface area contributed by atoms with Crippen LogP contribution in [-0.2, 0) is 4.74 Å². The summed E-state index contributed by atoms with van der Waals surface area (Å²) in [6.45, 7) is 3.53. The van der Waals surface area contributed by atoms with Crippen LogP contribution in [0, 0.1) is 6.92 Å². The Labute approximate surface area is 95.6 Å². The molecule has 7 nitrogen and oxygen atoms in total. The number of hydrogen-bond acceptors (Lipinski definition) is 5. The average Bonchev–Trinajstić information content (AvgIpc) is 2.57. The molecular formula is C10H11N3O4. The maximum Gasteiger partial charge on any atom is 0.359 e. The Bertz CT molecular complexity index is 641. The number of carbonyl (C=O) groups excluding carboxylic acids is 1. The lowest BCUT2D eigenvalue weighted by Gasteiger charge is -1.97. The highest BCUT2D eigenvalue weighted by atomic mass is 16.5. The number of esters is 1. The third kappa shape index (κ3) is 1.75. The highest BCUT2D eigenvalue weighted by molar-refractivity contribution is 5.90. The number of ether oxygens (including phenoxy) is 1. The molecule has 17 heavy (non-hydrogen) atoms. The van der Waals surface area contributed by atoms with Gasteiger partial charge in [0.05, 0.1) is 12.7 Å². The van der Waals surface area contributed by atoms with E-state index in [9.17, 15) is 14.7 Å². The third-order valence-electron chi connectivity index (χ3n) is 2.31. The minimum Gasteiger partial charge on any atom is -0.493 e. The first-order valence-electron chi connectivity index (χ1n) is 5.03. The molecule has 0 unspecified atom stereocenters. The van der Waals surface area contributed by atoms with E-state index in [0.29, 0.717) is 5.56 Å². The van der Waals surface area contributed by atoms with Gasteiger partial charge >= 0.3 is 5.97 Å². The first-order chi connectivity index (χ1) is 8.04. The summed E-state index contributed by atoms with van der Waals surface area (Å²) in [5, 5.41) is 13.4. The van der Waals surface area contributed by atoms with Crippen molar-refractivity contribution in [3.8, 4) is 5.88 Å². The van der Waals surface area contributed by atoms with Crippen LogP contribution < -0.4 is 5.56 Å². The summed E-state index contributed by atoms with van der Waals surface area (Å²) in [4.78, 5) is 25.2. The summed E-state index contributed by atoms with van der Waals surface area (Å²) in [7, 11) is 0. The number of aryl methyl sites for hydroxylation is 1. The number of fused-ring (bicyclic) bond motifs is 1. The van der Waals surface area contributed by atoms with E-state index in [2.05, 4.69) is 10.1 Å². The number of carbonyl (C=O) groups is 1. The monoisotopic (exact) mass is 237 g/mol. The van der Waals surface area contributed by atoms with Gasteiger partial charge in [-0.25, -0.2) is 4.79 Å². The second-order valence-corrected chi connectivity index (χ2v) is 3.45. The summed E-state index contributed by atoms with van der Waals surface area (Å²) >= 11 is 0. The maximum atomic E-state index is 11.6. The molecule has 0 aliphatic rings. The number of nitrogens with one attached hydrogen (secondary N) is 1. The Morgan fingerprint density at radius 1 is 1.65 bits per heavy atom. The molecule has 2 aromatic heterocycles. The first-order valence-corrected chi connectivity index (χ1v) is 5.03. The quantitative estimate of drug-likeness (QED) is 0.728. The van der Waals surface area contributed by atoms with E-state index in [0.717, 1.165) is 10.6 Å². The molecule has 0 amide bonds. The highest BCUT2D eigenvalue weighted by Gasteiger charge is 2.19. The minimum absolute atomic E-state index is 0.0731. The zero-order chi connectivity index (χ0) is 12.6. The zero-order valence-corrected chi connectivity index (χ0v) is 9.35. The Balaban J connectivity index is 2.69. The van der Waals surface area contributed by atoms with Crippen molar-refractivity contribution in [3.05, 3.63) is 27.7 Å². The predicted molar refractivity (Wildman–Crippen MR) is 58.2 cm³/mol. The number of aromatic hydroxyl groups is 1. The second kappa shape index (κ2) is 3.93. The van der Waals surface area contributed by atoms with Gasteiger partial charge in [0.25, 0.3) is 5.56 Å². The van der Waals surface area contributed by atoms with Crippen LogP contribution in [0.15, 0.2) is 10.9 Å². The van der Waals surface area contributed by atoms with Crippen LogP contribution in [0.3, 0.4) is 0 Å². The van der Waals surface area contributed by atoms with Gasteiger partial charge < -0.3 is 14.8 Å². The van der Waals surface area contributed by atoms with Crippen LogP contribution >= 0.6 is 0 Å². The van der Waals surface area contributed by atoms with Gasteiger partial charge in [-0.1, -0.05) is 0 Å². The Morgan fingerprint density at radius 3 is 3.00 bits per heavy atom. The molecule has 0 aliphatic heterocycles. The van der Waals surface area contributed by atoms with Crippen LogP contribution in [0.1, 0.15) is 23.0 Å². The molecular weight excluding hydrogens is 226 g/mol. The van der Waals surface area contributed by atoms with Crippen molar-refractivity contribution >= 4 is 11.6 Å². The van der Waals surface area contributed by atoms with Gasteiger partial charge in [-0.2, -0.15) is 9.61 Å². The van der Waals surface area contributed by atoms with Gasteiger partial charge in [0, 0.05) is 5.56 Å². The fourth-order valence-electron chi connectivity index (χ4n) is 1.53. The van der Waals surface area contributed by atoms with Gasteiger partial charge in [0.1, 0.15) is 5.65 Å². The molecule has 0 aliphatic carbocycles. The minimum atomic E-state index is -0.589. The SMILES string of the molecule is CCOC(=O)c1nn2c(O)cc(=O)[nH]c2c1C. The van der Waals surface area contributed by atoms with Gasteiger partial charge in [-0.05, 0) is 13.8 Å². The normalized spacial score (nSPS) is 10.7. The molecule has 90 valence electrons. The Kier molecular flexibility index (Phi) is 2.58. The maximum absolute atomic E-state index is 11.6. The highest BCUT2D eigenvalue weighted by Crippen LogP contribution is 2.16. The van der Waals surface area contributed by atoms with Crippen LogP contribution in [0.2, 0.25) is 0 Å². The molecule has 0 fully saturated rings. The fourth-order valence-corrected chi connectivity index (χ4v) is 1.53. The van der Waals surface area contributed by atoms with Crippen molar-refractivity contribution in [1.82, 2.24) is 14.6 Å². The van der Waals surface area contributed by atoms with Crippen molar-refractivity contribution in [2.24, 2.45) is 0 Å². The molecule has 2 rings (SSSR count). The molecule has 0 radical (unpaired) electrons. The standard InChI is InChI=1S/C10H11N3O4/c1-3-17-10(16)8-5(2)9-11-6(14)4-7(15)13(9)12-8/h4,15H,3H2,1-2H3,(H,11,14). The van der Waals surface area contributed by atoms with Gasteiger partial charge in [-0.15, -0.1) is 0 Å². The molecule has 0 saturated carbocycles. The second-order valence-electron chi connectivity index (χ2n) is 3.45. The molecule has 7 heteroatoms. The lowest BCUT2D eigenvalue weighted by molar-refractivity contribution is 0.0518. The van der Waals surface area contributed by atoms with Crippen molar-refractivity contribution in [2.75, 3.05) is 6.61 Å². The Morgan fingerprint density at radius 2 is 2.35 bits per heavy atom. The smallest absolute Gasteiger partial charge is 0.359 e. The van der Waals surface area contributed by atoms with Crippen LogP contribution in [0.25, 0.3) is 5.65 Å². The van der Waals surface area contributed by atoms with Crippen molar-refractivity contribution in [3.63, 3.8) is 0 Å². The summed E-state index contributed by atoms with van der Waals surface area (Å²) in [6, 6.07) is 0.981. The summed E-state index contributed by atoms with van der Waals surface area (Å²) in [5.41, 5.74) is 0.340. The molecule has 2 aromatic rings. The molecule has 2 N–H and O–H groups in total. The molecule has 0 bridgehead atoms. The van der Waals surface area contributed by atoms with Gasteiger partial charge in [0.15, 0.2) is 5.69 Å². The summed E-state index contributed by atoms with van der Waals surface area (Å²) in [5.74, 6) is -0.920. The van der Waals surface area contributed by atoms with Gasteiger partial charge in [-0.3, -0.25) is 4.79 Å². The number of rotatable bonds is 2. The van der Waals surface area contributed by atoms with E-state index in [-0.39, 0.29) is 23.8 Å². The van der Waals surface area contributed by atoms with Crippen LogP contribution in [-0.4, -0.2) is 32.3 Å². The van der Waals surface area contributed by atoms with Crippen LogP contribution in [0.4, 0.5) is 0 Å². The average molecular weight is 237 g/mol. The molecule has 0 atom stereocenters. The molecule has 0 aromatic carbocycles. The molecule has 0 spiro atoms. The number of aromatic amines is 1. The van der Waals surface area contributed by atoms with Gasteiger partial charge in [0.2, 0.25) is 5.88 Å². The third-order valence-corrected chi connectivity index (χ3v) is 2.31. The van der Waals surface area contributed by atoms with Crippen molar-refractivity contribution in [2.45, 2.75) is 13.8 Å². The van der Waals surface area contributed by atoms with E-state index < -0.39 is 11.5 Å². The van der Waals surface area contributed by atoms with E-state index in [1.54, 1.807) is 13.8 Å². The zero-order valence-electron chi connectivity index (χ0n) is 9.35. The largest absolute Gasteiger partial charge is 0.493 e. The number of hydrogen-bond donors (Lipinski definition) is 2. The van der Waals surface area contributed by atoms with E-state index in [4.69, 9.17) is 4.74 Å². The summed E-state index contributed by atoms with van der Waals surface area (Å²) in [6.07, 6.45) is 0. The van der Waals surface area contributed by atoms with E-state index in [1.807, 2.05) is 0 Å². The summed E-state index contributed by atoms with van der Waals surface area (Å²) < 4.78 is 5.91. The van der Waals surface area contributed by atoms with E-state index >= 15 is 0 Å². The topological polar surface area (TPSA) is 96.7 Å². The van der Waals surface area contributed by atoms with E-state index in [1.165, 1.54) is 0 Å². The lowest BCUT2D eigenvalue weighted by Crippen LogP contribution is -2.07.